The maximum Gasteiger partial charge on any atom is 0.431 e. The summed E-state index contributed by atoms with van der Waals surface area (Å²) in [4.78, 5) is 74.3. The third kappa shape index (κ3) is 17.3. The van der Waals surface area contributed by atoms with Crippen LogP contribution in [-0.4, -0.2) is 73.7 Å². The van der Waals surface area contributed by atoms with Crippen molar-refractivity contribution in [2.45, 2.75) is 26.1 Å². The Morgan fingerprint density at radius 3 is 2.10 bits per heavy atom. The maximum absolute atomic E-state index is 12.9. The number of benzene rings is 3. The van der Waals surface area contributed by atoms with Crippen LogP contribution in [0.15, 0.2) is 76.3 Å². The molecule has 24 heteroatoms. The summed E-state index contributed by atoms with van der Waals surface area (Å²) in [6.07, 6.45) is 0.571. The zero-order valence-electron chi connectivity index (χ0n) is 31.5. The fourth-order valence-corrected chi connectivity index (χ4v) is 4.73. The van der Waals surface area contributed by atoms with Gasteiger partial charge in [0.15, 0.2) is 0 Å². The summed E-state index contributed by atoms with van der Waals surface area (Å²) in [7, 11) is -2.81. The summed E-state index contributed by atoms with van der Waals surface area (Å²) in [6.45, 7) is 2.75. The number of alkyl halides is 3. The number of nitro benzene ring substituents is 1. The van der Waals surface area contributed by atoms with E-state index in [2.05, 4.69) is 18.8 Å². The number of carboxylic acid groups (broad SMARTS) is 1. The van der Waals surface area contributed by atoms with Crippen LogP contribution in [0.1, 0.15) is 29.9 Å². The number of nitrogens with two attached hydrogens (primary N) is 1. The number of carbonyl (C=O) groups excluding carboxylic acids is 1. The lowest BCUT2D eigenvalue weighted by Gasteiger charge is -2.15. The minimum absolute atomic E-state index is 0.0104. The normalized spacial score (nSPS) is 11.8. The summed E-state index contributed by atoms with van der Waals surface area (Å²) in [5.74, 6) is -1.10. The van der Waals surface area contributed by atoms with Gasteiger partial charge in [0, 0.05) is 19.2 Å². The molecule has 318 valence electrons. The van der Waals surface area contributed by atoms with Crippen molar-refractivity contribution in [1.29, 1.82) is 0 Å². The average Bonchev–Trinajstić information content (AvgIpc) is 3.08. The zero-order valence-corrected chi connectivity index (χ0v) is 34.7. The minimum Gasteiger partial charge on any atom is -0.778 e. The highest BCUT2D eigenvalue weighted by Crippen LogP contribution is 2.39. The molecule has 0 aliphatic heterocycles. The molecule has 0 radical (unpaired) electrons. The van der Waals surface area contributed by atoms with Gasteiger partial charge in [-0.05, 0) is 61.1 Å². The van der Waals surface area contributed by atoms with E-state index in [0.29, 0.717) is 31.8 Å². The number of aromatic nitrogens is 2. The van der Waals surface area contributed by atoms with E-state index in [1.807, 2.05) is 11.4 Å². The van der Waals surface area contributed by atoms with E-state index < -0.39 is 66.5 Å². The van der Waals surface area contributed by atoms with Crippen LogP contribution < -0.4 is 31.9 Å². The molecule has 5 N–H and O–H groups in total. The van der Waals surface area contributed by atoms with Crippen molar-refractivity contribution in [3.8, 4) is 17.2 Å². The molecule has 1 unspecified atom stereocenters. The molecular weight excluding hydrogens is 861 g/mol. The number of esters is 1. The van der Waals surface area contributed by atoms with Crippen molar-refractivity contribution in [2.24, 2.45) is 7.05 Å². The molecule has 0 aliphatic carbocycles. The fraction of sp³-hybridized carbons (Fsp3) is 0.294. The minimum atomic E-state index is -4.86. The number of ether oxygens (including phenoxy) is 2. The number of carboxylic acids is 1. The monoisotopic (exact) mass is 899 g/mol. The highest BCUT2D eigenvalue weighted by molar-refractivity contribution is 7.94. The molecule has 0 saturated carbocycles. The third-order valence-corrected chi connectivity index (χ3v) is 7.60. The second-order valence-corrected chi connectivity index (χ2v) is 16.8. The van der Waals surface area contributed by atoms with Crippen LogP contribution in [0.4, 0.5) is 24.5 Å². The van der Waals surface area contributed by atoms with Crippen molar-refractivity contribution in [3.63, 3.8) is 0 Å². The average molecular weight is 901 g/mol. The lowest BCUT2D eigenvalue weighted by Crippen LogP contribution is -2.40. The number of halogens is 5. The second kappa shape index (κ2) is 22.9. The smallest absolute Gasteiger partial charge is 0.431 e. The predicted octanol–water partition coefficient (Wildman–Crippen LogP) is 5.05. The van der Waals surface area contributed by atoms with E-state index in [0.717, 1.165) is 13.1 Å². The summed E-state index contributed by atoms with van der Waals surface area (Å²) in [6, 6.07) is 15.5. The van der Waals surface area contributed by atoms with E-state index in [1.54, 1.807) is 38.1 Å². The van der Waals surface area contributed by atoms with Crippen molar-refractivity contribution >= 4 is 65.0 Å². The number of nitrogen functional groups attached to an aromatic ring is 1. The van der Waals surface area contributed by atoms with Gasteiger partial charge in [-0.2, -0.15) is 13.2 Å². The summed E-state index contributed by atoms with van der Waals surface area (Å²) < 4.78 is 60.0. The Morgan fingerprint density at radius 2 is 1.62 bits per heavy atom. The van der Waals surface area contributed by atoms with Gasteiger partial charge >= 0.3 is 23.8 Å². The molecule has 1 aromatic heterocycles. The number of hydrogen-bond acceptors (Lipinski definition) is 12. The summed E-state index contributed by atoms with van der Waals surface area (Å²) in [5, 5.41) is 20.7. The number of nitro groups is 1. The molecular formula is C34H39Cl2F3N5O12PS. The number of hydrogen-bond donors (Lipinski definition) is 4. The van der Waals surface area contributed by atoms with Crippen LogP contribution in [0.3, 0.4) is 0 Å². The number of rotatable bonds is 10. The molecule has 17 nitrogen and oxygen atoms in total. The molecule has 0 aliphatic rings. The van der Waals surface area contributed by atoms with Gasteiger partial charge in [0.05, 0.1) is 58.9 Å². The maximum atomic E-state index is 12.9. The van der Waals surface area contributed by atoms with E-state index in [4.69, 9.17) is 48.4 Å². The van der Waals surface area contributed by atoms with Gasteiger partial charge in [-0.25, -0.2) is 14.2 Å². The van der Waals surface area contributed by atoms with Crippen LogP contribution in [0.2, 0.25) is 10.0 Å². The number of carbonyl (C=O) groups is 2. The first-order valence-electron chi connectivity index (χ1n) is 16.0. The molecule has 0 spiro atoms. The second-order valence-electron chi connectivity index (χ2n) is 12.0. The van der Waals surface area contributed by atoms with Crippen LogP contribution in [0.5, 0.6) is 11.5 Å². The lowest BCUT2D eigenvalue weighted by atomic mass is 10.2. The Morgan fingerprint density at radius 1 is 1.05 bits per heavy atom. The van der Waals surface area contributed by atoms with Gasteiger partial charge in [-0.3, -0.25) is 29.6 Å². The largest absolute Gasteiger partial charge is 0.778 e. The van der Waals surface area contributed by atoms with Gasteiger partial charge in [0.2, 0.25) is 0 Å². The highest BCUT2D eigenvalue weighted by Gasteiger charge is 2.35. The van der Waals surface area contributed by atoms with E-state index >= 15 is 0 Å². The molecule has 0 fully saturated rings. The quantitative estimate of drug-likeness (QED) is 0.0406. The molecule has 1 atom stereocenters. The summed E-state index contributed by atoms with van der Waals surface area (Å²) in [5.41, 5.74) is 1.24. The van der Waals surface area contributed by atoms with Gasteiger partial charge in [-0.1, -0.05) is 41.4 Å². The van der Waals surface area contributed by atoms with Crippen molar-refractivity contribution in [3.05, 3.63) is 119 Å². The van der Waals surface area contributed by atoms with E-state index in [9.17, 15) is 51.9 Å². The van der Waals surface area contributed by atoms with Gasteiger partial charge in [-0.15, -0.1) is 0 Å². The molecule has 4 aromatic rings. The Balaban J connectivity index is 0.000000453. The molecule has 0 bridgehead atoms. The predicted molar refractivity (Wildman–Crippen MR) is 212 cm³/mol. The zero-order chi connectivity index (χ0) is 44.7. The van der Waals surface area contributed by atoms with Crippen LogP contribution >= 0.6 is 30.8 Å². The first-order chi connectivity index (χ1) is 26.7. The fourth-order valence-electron chi connectivity index (χ4n) is 3.94. The molecule has 4 rings (SSSR count). The molecule has 1 heterocycles. The molecule has 0 saturated heterocycles. The third-order valence-electron chi connectivity index (χ3n) is 6.26. The standard InChI is InChI=1S/C16H14ClF3N2O4.C12H9ClN2O3.C3H8NO5P.C3H9S/c1-8(2)26-14(24)10-6-9(4-5-11(10)17)22-13(23)7-12(16(18,19)20)21(3)15(22)25;13-11-10(18-8-4-2-1-3-5-8)7-6-9(12(11)14)15(16)17;5-3(6)1-4-2-10(7,8)9;1-4(2)3/h4-8H,1-3H3;1-7H,14H2;4H,1-2H2,(H,5,6)(H2,7,8,9);1-3H3/q;;;+1/p-1. The SMILES string of the molecule is CC(C)OC(=O)c1cc(-n2c(=O)cc(C(F)(F)F)n(C)c2=O)ccc1Cl.C[S+](C)C.Nc1c([N+](=O)[O-])ccc(Oc2ccccc2)c1Cl.O=C(O)CNCP(=O)([O-])O. The number of nitrogens with zero attached hydrogens (tertiary/aromatic N) is 3. The number of nitrogens with one attached hydrogen (secondary N) is 1. The summed E-state index contributed by atoms with van der Waals surface area (Å²) >= 11 is 11.9. The van der Waals surface area contributed by atoms with Crippen molar-refractivity contribution in [2.75, 3.05) is 37.3 Å². The van der Waals surface area contributed by atoms with Crippen LogP contribution in [0, 0.1) is 10.1 Å². The number of para-hydroxylation sites is 1. The van der Waals surface area contributed by atoms with Crippen LogP contribution in [-0.2, 0) is 38.2 Å². The topological polar surface area (TPSA) is 258 Å². The lowest BCUT2D eigenvalue weighted by molar-refractivity contribution is -0.383. The number of anilines is 1. The van der Waals surface area contributed by atoms with E-state index in [1.165, 1.54) is 24.3 Å². The van der Waals surface area contributed by atoms with E-state index in [-0.39, 0.29) is 38.4 Å². The van der Waals surface area contributed by atoms with Gasteiger partial charge < -0.3 is 34.7 Å². The van der Waals surface area contributed by atoms with Crippen LogP contribution in [0.25, 0.3) is 5.69 Å². The highest BCUT2D eigenvalue weighted by atomic mass is 35.5. The van der Waals surface area contributed by atoms with Gasteiger partial charge in [0.25, 0.3) is 11.2 Å². The van der Waals surface area contributed by atoms with Gasteiger partial charge in [0.1, 0.15) is 35.5 Å². The molecule has 0 amide bonds. The molecule has 3 aromatic carbocycles. The van der Waals surface area contributed by atoms with Crippen molar-refractivity contribution < 1.29 is 56.6 Å². The van der Waals surface area contributed by atoms with Crippen molar-refractivity contribution in [1.82, 2.24) is 14.5 Å². The first kappa shape index (κ1) is 51.1. The Bertz CT molecular complexity index is 2220. The Labute approximate surface area is 341 Å². The molecule has 58 heavy (non-hydrogen) atoms. The Hall–Kier alpha value is -4.89. The Kier molecular flexibility index (Phi) is 20.2. The first-order valence-corrected chi connectivity index (χ1v) is 21.0. The number of aliphatic carboxylic acids is 1.